The van der Waals surface area contributed by atoms with E-state index < -0.39 is 0 Å². The average molecular weight is 411 g/mol. The largest absolute Gasteiger partial charge is 0.347 e. The minimum atomic E-state index is -0.226. The highest BCUT2D eigenvalue weighted by molar-refractivity contribution is 5.94. The molecule has 2 aliphatic rings. The van der Waals surface area contributed by atoms with Gasteiger partial charge in [0.25, 0.3) is 5.91 Å². The summed E-state index contributed by atoms with van der Waals surface area (Å²) in [5, 5.41) is 10.3. The van der Waals surface area contributed by atoms with Crippen molar-refractivity contribution < 1.29 is 9.59 Å². The second-order valence-corrected chi connectivity index (χ2v) is 8.30. The van der Waals surface area contributed by atoms with Crippen molar-refractivity contribution in [2.45, 2.75) is 51.1 Å². The van der Waals surface area contributed by atoms with Crippen molar-refractivity contribution in [2.75, 3.05) is 26.2 Å². The number of hydrogen-bond donors (Lipinski definition) is 2. The lowest BCUT2D eigenvalue weighted by atomic mass is 10.1. The third-order valence-corrected chi connectivity index (χ3v) is 5.96. The molecule has 160 valence electrons. The highest BCUT2D eigenvalue weighted by Gasteiger charge is 2.39. The van der Waals surface area contributed by atoms with Crippen LogP contribution in [0.1, 0.15) is 60.2 Å². The van der Waals surface area contributed by atoms with Crippen LogP contribution in [0.4, 0.5) is 0 Å². The van der Waals surface area contributed by atoms with Gasteiger partial charge in [0.15, 0.2) is 5.82 Å². The number of amides is 2. The van der Waals surface area contributed by atoms with Crippen LogP contribution >= 0.6 is 0 Å². The maximum atomic E-state index is 13.2. The molecule has 2 aliphatic heterocycles. The topological polar surface area (TPSA) is 94.2 Å². The summed E-state index contributed by atoms with van der Waals surface area (Å²) in [6, 6.07) is 8.81. The summed E-state index contributed by atoms with van der Waals surface area (Å²) >= 11 is 0. The first-order valence-corrected chi connectivity index (χ1v) is 10.9. The molecule has 0 aliphatic carbocycles. The van der Waals surface area contributed by atoms with Crippen molar-refractivity contribution >= 4 is 11.8 Å². The monoisotopic (exact) mass is 410 g/mol. The molecule has 0 bridgehead atoms. The molecule has 2 saturated heterocycles. The molecule has 30 heavy (non-hydrogen) atoms. The van der Waals surface area contributed by atoms with Gasteiger partial charge in [-0.15, -0.1) is 0 Å². The number of likely N-dealkylation sites (tertiary alicyclic amines) is 2. The summed E-state index contributed by atoms with van der Waals surface area (Å²) in [6.45, 7) is 4.68. The number of benzene rings is 1. The van der Waals surface area contributed by atoms with Crippen LogP contribution in [0, 0.1) is 6.92 Å². The summed E-state index contributed by atoms with van der Waals surface area (Å²) in [4.78, 5) is 34.4. The number of H-pyrrole nitrogens is 1. The number of nitrogens with one attached hydrogen (secondary N) is 2. The first-order chi connectivity index (χ1) is 14.6. The molecule has 0 spiro atoms. The molecule has 3 heterocycles. The zero-order valence-corrected chi connectivity index (χ0v) is 17.5. The predicted molar refractivity (Wildman–Crippen MR) is 113 cm³/mol. The van der Waals surface area contributed by atoms with Crippen LogP contribution in [0.15, 0.2) is 30.3 Å². The van der Waals surface area contributed by atoms with Crippen LogP contribution in [0.2, 0.25) is 0 Å². The van der Waals surface area contributed by atoms with Gasteiger partial charge in [-0.25, -0.2) is 4.98 Å². The van der Waals surface area contributed by atoms with E-state index in [1.54, 1.807) is 12.1 Å². The van der Waals surface area contributed by atoms with Gasteiger partial charge in [-0.1, -0.05) is 31.0 Å². The van der Waals surface area contributed by atoms with Crippen LogP contribution in [0.3, 0.4) is 0 Å². The Labute approximate surface area is 177 Å². The van der Waals surface area contributed by atoms with Gasteiger partial charge >= 0.3 is 0 Å². The van der Waals surface area contributed by atoms with Crippen molar-refractivity contribution in [3.05, 3.63) is 47.5 Å². The van der Waals surface area contributed by atoms with Crippen molar-refractivity contribution in [2.24, 2.45) is 0 Å². The number of aryl methyl sites for hydroxylation is 1. The van der Waals surface area contributed by atoms with Gasteiger partial charge in [-0.2, -0.15) is 5.10 Å². The summed E-state index contributed by atoms with van der Waals surface area (Å²) in [7, 11) is 0. The van der Waals surface area contributed by atoms with E-state index in [2.05, 4.69) is 25.4 Å². The Morgan fingerprint density at radius 2 is 1.87 bits per heavy atom. The Bertz CT molecular complexity index is 860. The van der Waals surface area contributed by atoms with Crippen molar-refractivity contribution in [3.8, 4) is 0 Å². The van der Waals surface area contributed by atoms with Crippen LogP contribution < -0.4 is 5.32 Å². The molecule has 2 amide bonds. The van der Waals surface area contributed by atoms with Gasteiger partial charge in [0.2, 0.25) is 5.91 Å². The molecule has 2 N–H and O–H groups in total. The molecule has 8 nitrogen and oxygen atoms in total. The number of aromatic nitrogens is 3. The van der Waals surface area contributed by atoms with Gasteiger partial charge in [-0.3, -0.25) is 19.6 Å². The third kappa shape index (κ3) is 4.87. The number of nitrogens with zero attached hydrogens (tertiary/aromatic N) is 4. The summed E-state index contributed by atoms with van der Waals surface area (Å²) in [6.07, 6.45) is 5.38. The number of rotatable bonds is 5. The van der Waals surface area contributed by atoms with Gasteiger partial charge < -0.3 is 10.2 Å². The maximum absolute atomic E-state index is 13.2. The molecular formula is C22H30N6O2. The minimum absolute atomic E-state index is 0.0841. The fourth-order valence-corrected chi connectivity index (χ4v) is 4.40. The van der Waals surface area contributed by atoms with Crippen LogP contribution in [0.5, 0.6) is 0 Å². The second-order valence-electron chi connectivity index (χ2n) is 8.30. The smallest absolute Gasteiger partial charge is 0.251 e. The highest BCUT2D eigenvalue weighted by Crippen LogP contribution is 2.30. The molecule has 0 saturated carbocycles. The first kappa shape index (κ1) is 20.5. The van der Waals surface area contributed by atoms with E-state index in [-0.39, 0.29) is 23.9 Å². The molecule has 0 unspecified atom stereocenters. The van der Waals surface area contributed by atoms with Gasteiger partial charge in [0, 0.05) is 18.2 Å². The lowest BCUT2D eigenvalue weighted by molar-refractivity contribution is -0.133. The van der Waals surface area contributed by atoms with E-state index in [1.807, 2.05) is 30.0 Å². The molecule has 2 fully saturated rings. The van der Waals surface area contributed by atoms with Crippen molar-refractivity contribution in [1.29, 1.82) is 0 Å². The number of aromatic amines is 1. The predicted octanol–water partition coefficient (Wildman–Crippen LogP) is 2.06. The molecule has 4 rings (SSSR count). The minimum Gasteiger partial charge on any atom is -0.347 e. The zero-order chi connectivity index (χ0) is 20.9. The Balaban J connectivity index is 1.46. The highest BCUT2D eigenvalue weighted by atomic mass is 16.2. The molecule has 8 heteroatoms. The van der Waals surface area contributed by atoms with Crippen molar-refractivity contribution in [3.63, 3.8) is 0 Å². The lowest BCUT2D eigenvalue weighted by Gasteiger charge is -2.26. The fourth-order valence-electron chi connectivity index (χ4n) is 4.40. The Morgan fingerprint density at radius 3 is 2.53 bits per heavy atom. The second kappa shape index (κ2) is 9.38. The number of carbonyl (C=O) groups excluding carboxylic acids is 2. The number of carbonyl (C=O) groups is 2. The van der Waals surface area contributed by atoms with E-state index >= 15 is 0 Å². The average Bonchev–Trinajstić information content (AvgIpc) is 3.28. The first-order valence-electron chi connectivity index (χ1n) is 10.9. The third-order valence-electron chi connectivity index (χ3n) is 5.96. The normalized spacial score (nSPS) is 22.6. The molecule has 1 aromatic carbocycles. The van der Waals surface area contributed by atoms with E-state index in [0.717, 1.165) is 31.8 Å². The van der Waals surface area contributed by atoms with E-state index in [9.17, 15) is 9.59 Å². The van der Waals surface area contributed by atoms with Gasteiger partial charge in [0.05, 0.1) is 12.6 Å². The molecule has 0 radical (unpaired) electrons. The molecular weight excluding hydrogens is 380 g/mol. The number of hydrogen-bond acceptors (Lipinski definition) is 5. The van der Waals surface area contributed by atoms with E-state index in [0.29, 0.717) is 30.9 Å². The van der Waals surface area contributed by atoms with Crippen LogP contribution in [-0.4, -0.2) is 69.0 Å². The quantitative estimate of drug-likeness (QED) is 0.787. The summed E-state index contributed by atoms with van der Waals surface area (Å²) in [5.41, 5.74) is 0.622. The molecule has 1 aromatic heterocycles. The van der Waals surface area contributed by atoms with E-state index in [4.69, 9.17) is 0 Å². The molecule has 2 atom stereocenters. The van der Waals surface area contributed by atoms with Gasteiger partial charge in [0.1, 0.15) is 5.82 Å². The van der Waals surface area contributed by atoms with Crippen molar-refractivity contribution in [1.82, 2.24) is 30.3 Å². The maximum Gasteiger partial charge on any atom is 0.251 e. The summed E-state index contributed by atoms with van der Waals surface area (Å²) in [5.74, 6) is 1.31. The van der Waals surface area contributed by atoms with Crippen LogP contribution in [-0.2, 0) is 4.79 Å². The SMILES string of the molecule is Cc1nc([C@@H]2C[C@H](NC(=O)c3ccccc3)CN2C(=O)CN2CCCCCC2)n[nH]1. The standard InChI is InChI=1S/C22H30N6O2/c1-16-23-21(26-25-16)19-13-18(24-22(30)17-9-5-4-6-10-17)14-28(19)20(29)15-27-11-7-2-3-8-12-27/h4-6,9-10,18-19H,2-3,7-8,11-15H2,1H3,(H,24,30)(H,23,25,26)/t18-,19-/m0/s1. The van der Waals surface area contributed by atoms with Gasteiger partial charge in [-0.05, 0) is 51.4 Å². The Morgan fingerprint density at radius 1 is 1.13 bits per heavy atom. The fraction of sp³-hybridized carbons (Fsp3) is 0.545. The van der Waals surface area contributed by atoms with E-state index in [1.165, 1.54) is 12.8 Å². The Kier molecular flexibility index (Phi) is 6.42. The lowest BCUT2D eigenvalue weighted by Crippen LogP contribution is -2.43. The zero-order valence-electron chi connectivity index (χ0n) is 17.5. The summed E-state index contributed by atoms with van der Waals surface area (Å²) < 4.78 is 0. The Hall–Kier alpha value is -2.74. The van der Waals surface area contributed by atoms with Crippen LogP contribution in [0.25, 0.3) is 0 Å². The molecule has 2 aromatic rings.